The molecule has 0 aromatic heterocycles. The Morgan fingerprint density at radius 2 is 1.40 bits per heavy atom. The van der Waals surface area contributed by atoms with Crippen LogP contribution in [0, 0.1) is 11.8 Å². The van der Waals surface area contributed by atoms with Crippen molar-refractivity contribution in [2.75, 3.05) is 26.4 Å². The summed E-state index contributed by atoms with van der Waals surface area (Å²) in [4.78, 5) is 47.6. The maximum absolute atomic E-state index is 12.7. The van der Waals surface area contributed by atoms with Crippen molar-refractivity contribution in [3.8, 4) is 0 Å². The molecular weight excluding hydrogens is 761 g/mol. The van der Waals surface area contributed by atoms with Crippen LogP contribution in [0.1, 0.15) is 162 Å². The Balaban J connectivity index is 2.41. The number of phosphoric acid groups is 1. The Hall–Kier alpha value is -2.44. The zero-order valence-corrected chi connectivity index (χ0v) is 36.6. The predicted molar refractivity (Wildman–Crippen MR) is 230 cm³/mol. The molecule has 0 spiro atoms. The van der Waals surface area contributed by atoms with Crippen LogP contribution < -0.4 is 5.73 Å². The van der Waals surface area contributed by atoms with Crippen molar-refractivity contribution in [2.24, 2.45) is 17.6 Å². The third kappa shape index (κ3) is 28.9. The molecule has 12 nitrogen and oxygen atoms in total. The molecule has 0 radical (unpaired) electrons. The number of aliphatic hydroxyl groups is 2. The molecule has 58 heavy (non-hydrogen) atoms. The van der Waals surface area contributed by atoms with Crippen LogP contribution in [-0.2, 0) is 37.5 Å². The topological polar surface area (TPSA) is 192 Å². The number of unbranched alkanes of at least 4 members (excludes halogenated alkanes) is 12. The quantitative estimate of drug-likeness (QED) is 0.0201. The highest BCUT2D eigenvalue weighted by Gasteiger charge is 2.39. The average molecular weight is 840 g/mol. The lowest BCUT2D eigenvalue weighted by molar-refractivity contribution is -0.161. The van der Waals surface area contributed by atoms with E-state index in [1.165, 1.54) is 38.5 Å². The highest BCUT2D eigenvalue weighted by Crippen LogP contribution is 2.43. The summed E-state index contributed by atoms with van der Waals surface area (Å²) in [6.07, 6.45) is 33.4. The number of Topliss-reactive ketones (excluding diaryl/α,β-unsaturated/α-hetero) is 1. The van der Waals surface area contributed by atoms with Crippen LogP contribution in [0.15, 0.2) is 48.6 Å². The molecule has 1 saturated carbocycles. The number of carbonyl (C=O) groups excluding carboxylic acids is 3. The SMILES string of the molecule is CCCCCCCC/C=C\C/C=C\C/C=C\CCCC(=O)OC[C@H](COP(=O)(O)OCCN)OC(=O)CCCCCC[C@H]1[C@@H](O)CC(=O)[C@@H]1/C=C/[C@@H](O)CCCCC. The molecule has 1 fully saturated rings. The molecule has 1 aliphatic rings. The molecule has 1 rings (SSSR count). The van der Waals surface area contributed by atoms with Gasteiger partial charge in [-0.05, 0) is 63.7 Å². The number of ketones is 1. The molecule has 1 unspecified atom stereocenters. The van der Waals surface area contributed by atoms with Crippen LogP contribution in [0.3, 0.4) is 0 Å². The van der Waals surface area contributed by atoms with E-state index in [-0.39, 0.29) is 50.7 Å². The van der Waals surface area contributed by atoms with Gasteiger partial charge in [-0.3, -0.25) is 23.4 Å². The second kappa shape index (κ2) is 35.3. The average Bonchev–Trinajstić information content (AvgIpc) is 3.47. The van der Waals surface area contributed by atoms with Crippen molar-refractivity contribution in [3.05, 3.63) is 48.6 Å². The summed E-state index contributed by atoms with van der Waals surface area (Å²) in [5.41, 5.74) is 5.34. The number of aliphatic hydroxyl groups excluding tert-OH is 2. The molecule has 0 aromatic carbocycles. The van der Waals surface area contributed by atoms with Crippen LogP contribution in [0.5, 0.6) is 0 Å². The van der Waals surface area contributed by atoms with Gasteiger partial charge in [0.15, 0.2) is 6.10 Å². The minimum Gasteiger partial charge on any atom is -0.462 e. The van der Waals surface area contributed by atoms with Gasteiger partial charge in [-0.1, -0.05) is 133 Å². The Morgan fingerprint density at radius 1 is 0.793 bits per heavy atom. The molecule has 6 atom stereocenters. The smallest absolute Gasteiger partial charge is 0.462 e. The Morgan fingerprint density at radius 3 is 2.10 bits per heavy atom. The molecule has 334 valence electrons. The minimum absolute atomic E-state index is 0.00581. The van der Waals surface area contributed by atoms with Crippen molar-refractivity contribution in [2.45, 2.75) is 180 Å². The third-order valence-corrected chi connectivity index (χ3v) is 11.1. The molecule has 0 aliphatic heterocycles. The predicted octanol–water partition coefficient (Wildman–Crippen LogP) is 9.31. The van der Waals surface area contributed by atoms with E-state index >= 15 is 0 Å². The molecule has 0 saturated heterocycles. The summed E-state index contributed by atoms with van der Waals surface area (Å²) >= 11 is 0. The number of hydrogen-bond acceptors (Lipinski definition) is 11. The normalized spacial score (nSPS) is 19.5. The van der Waals surface area contributed by atoms with Crippen LogP contribution >= 0.6 is 7.82 Å². The largest absolute Gasteiger partial charge is 0.472 e. The first kappa shape index (κ1) is 53.6. The fraction of sp³-hybridized carbons (Fsp3) is 0.756. The summed E-state index contributed by atoms with van der Waals surface area (Å²) < 4.78 is 32.7. The summed E-state index contributed by atoms with van der Waals surface area (Å²) in [7, 11) is -4.46. The monoisotopic (exact) mass is 840 g/mol. The zero-order valence-electron chi connectivity index (χ0n) is 35.7. The standard InChI is InChI=1S/C45H78NO11P/c1-3-5-7-8-9-10-11-12-13-14-15-16-17-18-19-20-25-29-44(50)54-36-39(37-56-58(52,53)55-34-33-46)57-45(51)30-26-22-21-24-28-40-41(43(49)35-42(40)48)32-31-38(47)27-23-6-4-2/h12-13,15-16,18-19,31-32,38-42,47-48H,3-11,14,17,20-30,33-37,46H2,1-2H3,(H,52,53)/b13-12-,16-15-,19-18-,32-31+/t38-,39+,40+,41+,42-/m0/s1. The van der Waals surface area contributed by atoms with Crippen molar-refractivity contribution in [1.29, 1.82) is 0 Å². The molecule has 1 aliphatic carbocycles. The number of esters is 2. The molecule has 5 N–H and O–H groups in total. The van der Waals surface area contributed by atoms with Gasteiger partial charge in [0, 0.05) is 31.7 Å². The second-order valence-corrected chi connectivity index (χ2v) is 16.8. The number of rotatable bonds is 37. The molecule has 0 bridgehead atoms. The van der Waals surface area contributed by atoms with Crippen LogP contribution in [0.2, 0.25) is 0 Å². The second-order valence-electron chi connectivity index (χ2n) is 15.3. The van der Waals surface area contributed by atoms with Gasteiger partial charge in [-0.2, -0.15) is 0 Å². The van der Waals surface area contributed by atoms with Crippen molar-refractivity contribution >= 4 is 25.5 Å². The molecule has 0 heterocycles. The number of carbonyl (C=O) groups is 3. The summed E-state index contributed by atoms with van der Waals surface area (Å²) in [6, 6.07) is 0. The number of allylic oxidation sites excluding steroid dienone is 7. The van der Waals surface area contributed by atoms with Crippen molar-refractivity contribution in [3.63, 3.8) is 0 Å². The van der Waals surface area contributed by atoms with Gasteiger partial charge in [0.25, 0.3) is 0 Å². The number of ether oxygens (including phenoxy) is 2. The van der Waals surface area contributed by atoms with Crippen LogP contribution in [0.4, 0.5) is 0 Å². The fourth-order valence-electron chi connectivity index (χ4n) is 6.73. The van der Waals surface area contributed by atoms with E-state index in [2.05, 4.69) is 44.2 Å². The lowest BCUT2D eigenvalue weighted by Gasteiger charge is -2.20. The van der Waals surface area contributed by atoms with Gasteiger partial charge in [0.2, 0.25) is 0 Å². The van der Waals surface area contributed by atoms with Gasteiger partial charge in [0.1, 0.15) is 12.4 Å². The highest BCUT2D eigenvalue weighted by molar-refractivity contribution is 7.47. The first-order valence-corrected chi connectivity index (χ1v) is 23.7. The number of phosphoric ester groups is 1. The first-order chi connectivity index (χ1) is 28.0. The lowest BCUT2D eigenvalue weighted by atomic mass is 9.88. The molecule has 13 heteroatoms. The van der Waals surface area contributed by atoms with Gasteiger partial charge >= 0.3 is 19.8 Å². The van der Waals surface area contributed by atoms with E-state index in [1.807, 2.05) is 6.08 Å². The van der Waals surface area contributed by atoms with E-state index < -0.39 is 50.6 Å². The van der Waals surface area contributed by atoms with Gasteiger partial charge in [-0.15, -0.1) is 0 Å². The van der Waals surface area contributed by atoms with E-state index in [4.69, 9.17) is 24.3 Å². The third-order valence-electron chi connectivity index (χ3n) is 10.1. The van der Waals surface area contributed by atoms with Gasteiger partial charge < -0.3 is 30.3 Å². The van der Waals surface area contributed by atoms with E-state index in [9.17, 15) is 34.1 Å². The van der Waals surface area contributed by atoms with Gasteiger partial charge in [0.05, 0.1) is 25.4 Å². The van der Waals surface area contributed by atoms with Crippen LogP contribution in [-0.4, -0.2) is 77.5 Å². The fourth-order valence-corrected chi connectivity index (χ4v) is 7.50. The summed E-state index contributed by atoms with van der Waals surface area (Å²) in [5.74, 6) is -1.65. The number of nitrogens with two attached hydrogens (primary N) is 1. The Labute approximate surface area is 349 Å². The minimum atomic E-state index is -4.46. The van der Waals surface area contributed by atoms with Gasteiger partial charge in [-0.25, -0.2) is 4.57 Å². The first-order valence-electron chi connectivity index (χ1n) is 22.2. The van der Waals surface area contributed by atoms with Crippen molar-refractivity contribution in [1.82, 2.24) is 0 Å². The maximum atomic E-state index is 12.7. The molecule has 0 amide bonds. The van der Waals surface area contributed by atoms with Crippen LogP contribution in [0.25, 0.3) is 0 Å². The Bertz CT molecular complexity index is 1250. The van der Waals surface area contributed by atoms with Crippen molar-refractivity contribution < 1.29 is 52.6 Å². The molecule has 0 aromatic rings. The van der Waals surface area contributed by atoms with E-state index in [0.29, 0.717) is 38.5 Å². The van der Waals surface area contributed by atoms with E-state index in [1.54, 1.807) is 12.2 Å². The Kier molecular flexibility index (Phi) is 32.6. The zero-order chi connectivity index (χ0) is 42.7. The summed E-state index contributed by atoms with van der Waals surface area (Å²) in [5, 5.41) is 20.8. The highest BCUT2D eigenvalue weighted by atomic mass is 31.2. The number of hydrogen-bond donors (Lipinski definition) is 4. The molecular formula is C45H78NO11P. The maximum Gasteiger partial charge on any atom is 0.472 e. The van der Waals surface area contributed by atoms with E-state index in [0.717, 1.165) is 51.4 Å². The summed E-state index contributed by atoms with van der Waals surface area (Å²) in [6.45, 7) is 3.28. The lowest BCUT2D eigenvalue weighted by Crippen LogP contribution is -2.29.